The lowest BCUT2D eigenvalue weighted by molar-refractivity contribution is -0.114. The van der Waals surface area contributed by atoms with Crippen LogP contribution in [0.3, 0.4) is 0 Å². The number of rotatable bonds is 4. The van der Waals surface area contributed by atoms with Crippen LogP contribution in [0.5, 0.6) is 5.75 Å². The standard InChI is InChI=1S/C13H13NO5/c1-8(16)14-11-6-5-10(13(18)19-2)12(17)9(11)4-3-7-15/h3,5-6,17H,4H2,1-2H3,(H,14,16). The SMILES string of the molecule is COC(=O)c1ccc(NC(C)=O)c(CC=C=O)c1O. The Hall–Kier alpha value is -2.59. The van der Waals surface area contributed by atoms with Crippen LogP contribution in [0, 0.1) is 0 Å². The van der Waals surface area contributed by atoms with E-state index in [0.29, 0.717) is 5.69 Å². The van der Waals surface area contributed by atoms with Crippen LogP contribution in [0.25, 0.3) is 0 Å². The normalized spacial score (nSPS) is 9.37. The number of ether oxygens (including phenoxy) is 1. The number of anilines is 1. The van der Waals surface area contributed by atoms with Crippen LogP contribution >= 0.6 is 0 Å². The number of aromatic hydroxyl groups is 1. The van der Waals surface area contributed by atoms with Crippen molar-refractivity contribution >= 4 is 23.5 Å². The first-order valence-electron chi connectivity index (χ1n) is 5.41. The number of hydrogen-bond acceptors (Lipinski definition) is 5. The average Bonchev–Trinajstić information content (AvgIpc) is 2.37. The Morgan fingerprint density at radius 1 is 1.47 bits per heavy atom. The second-order valence-electron chi connectivity index (χ2n) is 3.69. The zero-order valence-electron chi connectivity index (χ0n) is 10.5. The smallest absolute Gasteiger partial charge is 0.341 e. The van der Waals surface area contributed by atoms with Crippen LogP contribution in [0.4, 0.5) is 5.69 Å². The number of nitrogens with one attached hydrogen (secondary N) is 1. The highest BCUT2D eigenvalue weighted by atomic mass is 16.5. The quantitative estimate of drug-likeness (QED) is 0.626. The first kappa shape index (κ1) is 14.5. The number of hydrogen-bond donors (Lipinski definition) is 2. The molecule has 0 saturated heterocycles. The number of carbonyl (C=O) groups is 2. The van der Waals surface area contributed by atoms with Crippen molar-refractivity contribution in [2.24, 2.45) is 0 Å². The topological polar surface area (TPSA) is 92.7 Å². The minimum absolute atomic E-state index is 0.0362. The zero-order chi connectivity index (χ0) is 14.4. The van der Waals surface area contributed by atoms with Gasteiger partial charge in [0, 0.05) is 30.7 Å². The van der Waals surface area contributed by atoms with Gasteiger partial charge >= 0.3 is 5.97 Å². The van der Waals surface area contributed by atoms with Crippen molar-refractivity contribution in [1.82, 2.24) is 0 Å². The molecule has 1 aromatic rings. The molecule has 0 saturated carbocycles. The molecule has 0 aliphatic heterocycles. The number of esters is 1. The van der Waals surface area contributed by atoms with Crippen LogP contribution in [0.2, 0.25) is 0 Å². The molecule has 0 aliphatic carbocycles. The summed E-state index contributed by atoms with van der Waals surface area (Å²) in [6.07, 6.45) is 1.18. The van der Waals surface area contributed by atoms with Crippen molar-refractivity contribution in [3.8, 4) is 5.75 Å². The van der Waals surface area contributed by atoms with E-state index >= 15 is 0 Å². The third-order valence-electron chi connectivity index (χ3n) is 2.39. The maximum absolute atomic E-state index is 11.4. The van der Waals surface area contributed by atoms with Crippen LogP contribution in [-0.4, -0.2) is 30.0 Å². The van der Waals surface area contributed by atoms with Gasteiger partial charge in [0.25, 0.3) is 0 Å². The van der Waals surface area contributed by atoms with Gasteiger partial charge in [-0.3, -0.25) is 4.79 Å². The van der Waals surface area contributed by atoms with E-state index in [1.807, 2.05) is 0 Å². The molecule has 0 heterocycles. The molecular weight excluding hydrogens is 250 g/mol. The summed E-state index contributed by atoms with van der Waals surface area (Å²) in [4.78, 5) is 32.7. The molecule has 2 N–H and O–H groups in total. The van der Waals surface area contributed by atoms with Gasteiger partial charge in [0.15, 0.2) is 0 Å². The van der Waals surface area contributed by atoms with Gasteiger partial charge in [-0.1, -0.05) is 0 Å². The van der Waals surface area contributed by atoms with Crippen LogP contribution in [-0.2, 0) is 20.7 Å². The maximum atomic E-state index is 11.4. The van der Waals surface area contributed by atoms with Gasteiger partial charge in [-0.2, -0.15) is 0 Å². The molecule has 0 aliphatic rings. The predicted octanol–water partition coefficient (Wildman–Crippen LogP) is 1.07. The molecule has 0 unspecified atom stereocenters. The van der Waals surface area contributed by atoms with Gasteiger partial charge in [-0.25, -0.2) is 9.59 Å². The fourth-order valence-electron chi connectivity index (χ4n) is 1.57. The largest absolute Gasteiger partial charge is 0.507 e. The first-order valence-corrected chi connectivity index (χ1v) is 5.41. The molecule has 0 aromatic heterocycles. The molecule has 19 heavy (non-hydrogen) atoms. The van der Waals surface area contributed by atoms with Gasteiger partial charge in [0.2, 0.25) is 5.91 Å². The fourth-order valence-corrected chi connectivity index (χ4v) is 1.57. The van der Waals surface area contributed by atoms with Crippen LogP contribution in [0.15, 0.2) is 18.2 Å². The summed E-state index contributed by atoms with van der Waals surface area (Å²) in [6.45, 7) is 1.31. The van der Waals surface area contributed by atoms with Gasteiger partial charge in [0.05, 0.1) is 7.11 Å². The number of phenols is 1. The minimum atomic E-state index is -0.705. The Labute approximate surface area is 109 Å². The molecule has 1 amide bonds. The molecule has 6 heteroatoms. The van der Waals surface area contributed by atoms with E-state index in [0.717, 1.165) is 6.08 Å². The Morgan fingerprint density at radius 2 is 2.16 bits per heavy atom. The van der Waals surface area contributed by atoms with E-state index in [4.69, 9.17) is 0 Å². The Bertz CT molecular complexity index is 558. The van der Waals surface area contributed by atoms with Gasteiger partial charge in [-0.15, -0.1) is 0 Å². The van der Waals surface area contributed by atoms with E-state index in [2.05, 4.69) is 10.1 Å². The Morgan fingerprint density at radius 3 is 2.68 bits per heavy atom. The number of methoxy groups -OCH3 is 1. The lowest BCUT2D eigenvalue weighted by Crippen LogP contribution is -2.10. The lowest BCUT2D eigenvalue weighted by atomic mass is 10.0. The summed E-state index contributed by atoms with van der Waals surface area (Å²) in [5.74, 6) is 0.205. The lowest BCUT2D eigenvalue weighted by Gasteiger charge is -2.12. The van der Waals surface area contributed by atoms with Crippen molar-refractivity contribution in [1.29, 1.82) is 0 Å². The highest BCUT2D eigenvalue weighted by molar-refractivity contribution is 5.96. The molecular formula is C13H13NO5. The molecule has 0 bridgehead atoms. The van der Waals surface area contributed by atoms with Crippen molar-refractivity contribution in [2.45, 2.75) is 13.3 Å². The monoisotopic (exact) mass is 263 g/mol. The summed E-state index contributed by atoms with van der Waals surface area (Å²) in [6, 6.07) is 2.79. The summed E-state index contributed by atoms with van der Waals surface area (Å²) < 4.78 is 4.52. The van der Waals surface area contributed by atoms with Crippen molar-refractivity contribution < 1.29 is 24.2 Å². The van der Waals surface area contributed by atoms with Crippen molar-refractivity contribution in [3.63, 3.8) is 0 Å². The predicted molar refractivity (Wildman–Crippen MR) is 67.7 cm³/mol. The highest BCUT2D eigenvalue weighted by Gasteiger charge is 2.18. The zero-order valence-corrected chi connectivity index (χ0v) is 10.5. The molecule has 0 radical (unpaired) electrons. The molecule has 1 aromatic carbocycles. The fraction of sp³-hybridized carbons (Fsp3) is 0.231. The molecule has 6 nitrogen and oxygen atoms in total. The minimum Gasteiger partial charge on any atom is -0.507 e. The molecule has 0 spiro atoms. The third-order valence-corrected chi connectivity index (χ3v) is 2.39. The molecule has 0 atom stereocenters. The Kier molecular flexibility index (Phi) is 4.85. The number of benzene rings is 1. The second kappa shape index (κ2) is 6.37. The van der Waals surface area contributed by atoms with Crippen LogP contribution in [0.1, 0.15) is 22.8 Å². The summed E-state index contributed by atoms with van der Waals surface area (Å²) in [5.41, 5.74) is 0.538. The van der Waals surface area contributed by atoms with Gasteiger partial charge < -0.3 is 15.2 Å². The Balaban J connectivity index is 3.34. The second-order valence-corrected chi connectivity index (χ2v) is 3.69. The average molecular weight is 263 g/mol. The molecule has 100 valence electrons. The molecule has 1 rings (SSSR count). The van der Waals surface area contributed by atoms with E-state index in [1.54, 1.807) is 5.94 Å². The summed E-state index contributed by atoms with van der Waals surface area (Å²) in [5, 5.41) is 12.5. The van der Waals surface area contributed by atoms with Gasteiger partial charge in [0.1, 0.15) is 17.3 Å². The number of carbonyl (C=O) groups excluding carboxylic acids is 3. The summed E-state index contributed by atoms with van der Waals surface area (Å²) in [7, 11) is 1.19. The van der Waals surface area contributed by atoms with E-state index < -0.39 is 5.97 Å². The van der Waals surface area contributed by atoms with E-state index in [9.17, 15) is 19.5 Å². The van der Waals surface area contributed by atoms with Crippen LogP contribution < -0.4 is 5.32 Å². The first-order chi connectivity index (χ1) is 9.01. The van der Waals surface area contributed by atoms with Gasteiger partial charge in [-0.05, 0) is 12.1 Å². The summed E-state index contributed by atoms with van der Waals surface area (Å²) >= 11 is 0. The van der Waals surface area contributed by atoms with E-state index in [1.165, 1.54) is 26.2 Å². The maximum Gasteiger partial charge on any atom is 0.341 e. The molecule has 0 fully saturated rings. The van der Waals surface area contributed by atoms with E-state index in [-0.39, 0.29) is 29.2 Å². The highest BCUT2D eigenvalue weighted by Crippen LogP contribution is 2.30. The number of amides is 1. The number of phenolic OH excluding ortho intramolecular Hbond substituents is 1. The van der Waals surface area contributed by atoms with Crippen molar-refractivity contribution in [2.75, 3.05) is 12.4 Å². The third kappa shape index (κ3) is 3.43. The number of allylic oxidation sites excluding steroid dienone is 1. The van der Waals surface area contributed by atoms with Crippen molar-refractivity contribution in [3.05, 3.63) is 29.3 Å².